The van der Waals surface area contributed by atoms with Gasteiger partial charge in [0.2, 0.25) is 0 Å². The zero-order valence-electron chi connectivity index (χ0n) is 13.9. The van der Waals surface area contributed by atoms with Crippen molar-refractivity contribution < 1.29 is 18.8 Å². The number of halogens is 2. The fourth-order valence-electron chi connectivity index (χ4n) is 2.47. The van der Waals surface area contributed by atoms with E-state index < -0.39 is 5.97 Å². The van der Waals surface area contributed by atoms with Gasteiger partial charge in [-0.1, -0.05) is 58.7 Å². The van der Waals surface area contributed by atoms with Crippen LogP contribution in [-0.2, 0) is 0 Å². The third kappa shape index (κ3) is 3.49. The summed E-state index contributed by atoms with van der Waals surface area (Å²) in [5, 5.41) is 4.28. The quantitative estimate of drug-likeness (QED) is 0.340. The number of hydrogen-bond donors (Lipinski definition) is 0. The predicted molar refractivity (Wildman–Crippen MR) is 98.1 cm³/mol. The van der Waals surface area contributed by atoms with Crippen molar-refractivity contribution in [3.63, 3.8) is 0 Å². The number of esters is 1. The van der Waals surface area contributed by atoms with Crippen LogP contribution >= 0.6 is 23.2 Å². The van der Waals surface area contributed by atoms with Crippen LogP contribution in [0.4, 0.5) is 0 Å². The number of Topliss-reactive ketones (excluding diaryl/α,β-unsaturated/α-hetero) is 1. The lowest BCUT2D eigenvalue weighted by molar-refractivity contribution is 0.0732. The minimum absolute atomic E-state index is 0.0480. The van der Waals surface area contributed by atoms with Gasteiger partial charge >= 0.3 is 5.97 Å². The molecule has 7 heteroatoms. The number of aromatic nitrogens is 1. The number of aryl methyl sites for hydroxylation is 1. The van der Waals surface area contributed by atoms with E-state index in [4.69, 9.17) is 32.5 Å². The highest BCUT2D eigenvalue weighted by Gasteiger charge is 2.26. The fourth-order valence-corrected chi connectivity index (χ4v) is 3.01. The molecular formula is C19H13Cl2NO4. The minimum atomic E-state index is -0.727. The van der Waals surface area contributed by atoms with E-state index in [-0.39, 0.29) is 32.7 Å². The number of ketones is 1. The molecule has 3 aromatic rings. The van der Waals surface area contributed by atoms with Gasteiger partial charge in [-0.15, -0.1) is 0 Å². The first kappa shape index (κ1) is 18.2. The third-order valence-electron chi connectivity index (χ3n) is 3.70. The zero-order chi connectivity index (χ0) is 18.8. The summed E-state index contributed by atoms with van der Waals surface area (Å²) in [5.74, 6) is -0.812. The molecule has 0 aliphatic heterocycles. The molecule has 0 saturated heterocycles. The summed E-state index contributed by atoms with van der Waals surface area (Å²) in [5.41, 5.74) is 1.33. The smallest absolute Gasteiger partial charge is 0.349 e. The van der Waals surface area contributed by atoms with Gasteiger partial charge in [0.25, 0.3) is 0 Å². The summed E-state index contributed by atoms with van der Waals surface area (Å²) in [6.45, 7) is 2.94. The average Bonchev–Trinajstić information content (AvgIpc) is 2.99. The lowest BCUT2D eigenvalue weighted by atomic mass is 10.1. The van der Waals surface area contributed by atoms with Crippen molar-refractivity contribution >= 4 is 35.0 Å². The summed E-state index contributed by atoms with van der Waals surface area (Å²) in [6, 6.07) is 11.9. The van der Waals surface area contributed by atoms with Gasteiger partial charge in [-0.3, -0.25) is 4.79 Å². The van der Waals surface area contributed by atoms with Crippen LogP contribution in [0, 0.1) is 6.92 Å². The maximum Gasteiger partial charge on any atom is 0.349 e. The maximum absolute atomic E-state index is 12.8. The normalized spacial score (nSPS) is 10.6. The Balaban J connectivity index is 2.03. The molecule has 0 bridgehead atoms. The Morgan fingerprint density at radius 3 is 2.46 bits per heavy atom. The summed E-state index contributed by atoms with van der Waals surface area (Å²) >= 11 is 12.1. The maximum atomic E-state index is 12.8. The van der Waals surface area contributed by atoms with E-state index in [0.29, 0.717) is 17.0 Å². The molecule has 0 aliphatic rings. The largest absolute Gasteiger partial charge is 0.420 e. The summed E-state index contributed by atoms with van der Waals surface area (Å²) in [6.07, 6.45) is 0. The fraction of sp³-hybridized carbons (Fsp3) is 0.105. The van der Waals surface area contributed by atoms with Crippen LogP contribution < -0.4 is 4.74 Å². The van der Waals surface area contributed by atoms with Crippen LogP contribution in [-0.4, -0.2) is 16.9 Å². The van der Waals surface area contributed by atoms with E-state index in [0.717, 1.165) is 0 Å². The predicted octanol–water partition coefficient (Wildman–Crippen LogP) is 5.38. The molecule has 0 aliphatic carbocycles. The molecule has 132 valence electrons. The first-order chi connectivity index (χ1) is 12.4. The molecule has 26 heavy (non-hydrogen) atoms. The first-order valence-corrected chi connectivity index (χ1v) is 8.38. The molecule has 0 atom stereocenters. The molecule has 0 radical (unpaired) electrons. The van der Waals surface area contributed by atoms with E-state index in [1.165, 1.54) is 19.1 Å². The Labute approximate surface area is 159 Å². The van der Waals surface area contributed by atoms with Crippen LogP contribution in [0.1, 0.15) is 33.4 Å². The standard InChI is InChI=1S/C19H13Cl2NO4/c1-10(23)14-8-13(20)9-15(21)18(14)25-19(24)16-11(2)26-22-17(16)12-6-4-3-5-7-12/h3-9H,1-2H3. The summed E-state index contributed by atoms with van der Waals surface area (Å²) in [4.78, 5) is 24.6. The highest BCUT2D eigenvalue weighted by Crippen LogP contribution is 2.34. The molecule has 0 unspecified atom stereocenters. The minimum Gasteiger partial charge on any atom is -0.420 e. The number of nitrogens with zero attached hydrogens (tertiary/aromatic N) is 1. The highest BCUT2D eigenvalue weighted by molar-refractivity contribution is 6.36. The van der Waals surface area contributed by atoms with Gasteiger partial charge in [-0.05, 0) is 26.0 Å². The Bertz CT molecular complexity index is 996. The second kappa shape index (κ2) is 7.32. The van der Waals surface area contributed by atoms with Crippen LogP contribution in [0.2, 0.25) is 10.0 Å². The van der Waals surface area contributed by atoms with E-state index >= 15 is 0 Å². The number of carbonyl (C=O) groups excluding carboxylic acids is 2. The molecule has 0 amide bonds. The van der Waals surface area contributed by atoms with Gasteiger partial charge in [-0.2, -0.15) is 0 Å². The molecule has 1 heterocycles. The topological polar surface area (TPSA) is 69.4 Å². The molecular weight excluding hydrogens is 377 g/mol. The van der Waals surface area contributed by atoms with Crippen molar-refractivity contribution in [3.05, 3.63) is 69.4 Å². The van der Waals surface area contributed by atoms with Gasteiger partial charge in [0.15, 0.2) is 11.5 Å². The Kier molecular flexibility index (Phi) is 5.11. The second-order valence-corrected chi connectivity index (χ2v) is 6.38. The van der Waals surface area contributed by atoms with Crippen LogP contribution in [0.15, 0.2) is 47.0 Å². The van der Waals surface area contributed by atoms with Gasteiger partial charge in [-0.25, -0.2) is 4.79 Å². The van der Waals surface area contributed by atoms with E-state index in [1.54, 1.807) is 19.1 Å². The molecule has 0 spiro atoms. The monoisotopic (exact) mass is 389 g/mol. The number of rotatable bonds is 4. The van der Waals surface area contributed by atoms with Gasteiger partial charge < -0.3 is 9.26 Å². The molecule has 1 aromatic heterocycles. The molecule has 0 fully saturated rings. The SMILES string of the molecule is CC(=O)c1cc(Cl)cc(Cl)c1OC(=O)c1c(-c2ccccc2)noc1C. The van der Waals surface area contributed by atoms with Crippen molar-refractivity contribution in [2.75, 3.05) is 0 Å². The van der Waals surface area contributed by atoms with E-state index in [1.807, 2.05) is 18.2 Å². The highest BCUT2D eigenvalue weighted by atomic mass is 35.5. The van der Waals surface area contributed by atoms with Crippen molar-refractivity contribution in [1.29, 1.82) is 0 Å². The van der Waals surface area contributed by atoms with Gasteiger partial charge in [0.05, 0.1) is 10.6 Å². The average molecular weight is 390 g/mol. The van der Waals surface area contributed by atoms with Gasteiger partial charge in [0.1, 0.15) is 17.0 Å². The van der Waals surface area contributed by atoms with Crippen molar-refractivity contribution in [2.24, 2.45) is 0 Å². The van der Waals surface area contributed by atoms with Crippen LogP contribution in [0.3, 0.4) is 0 Å². The van der Waals surface area contributed by atoms with Crippen LogP contribution in [0.5, 0.6) is 5.75 Å². The Hall–Kier alpha value is -2.63. The Morgan fingerprint density at radius 1 is 1.12 bits per heavy atom. The van der Waals surface area contributed by atoms with Crippen molar-refractivity contribution in [1.82, 2.24) is 5.16 Å². The van der Waals surface area contributed by atoms with Crippen LogP contribution in [0.25, 0.3) is 11.3 Å². The number of benzene rings is 2. The molecule has 0 N–H and O–H groups in total. The molecule has 5 nitrogen and oxygen atoms in total. The van der Waals surface area contributed by atoms with Crippen molar-refractivity contribution in [2.45, 2.75) is 13.8 Å². The lowest BCUT2D eigenvalue weighted by Crippen LogP contribution is -2.13. The summed E-state index contributed by atoms with van der Waals surface area (Å²) in [7, 11) is 0. The second-order valence-electron chi connectivity index (χ2n) is 5.54. The van der Waals surface area contributed by atoms with Gasteiger partial charge in [0, 0.05) is 10.6 Å². The number of ether oxygens (including phenoxy) is 1. The zero-order valence-corrected chi connectivity index (χ0v) is 15.4. The van der Waals surface area contributed by atoms with E-state index in [9.17, 15) is 9.59 Å². The Morgan fingerprint density at radius 2 is 1.81 bits per heavy atom. The molecule has 2 aromatic carbocycles. The summed E-state index contributed by atoms with van der Waals surface area (Å²) < 4.78 is 10.6. The number of hydrogen-bond acceptors (Lipinski definition) is 5. The number of carbonyl (C=O) groups is 2. The molecule has 0 saturated carbocycles. The molecule has 3 rings (SSSR count). The third-order valence-corrected chi connectivity index (χ3v) is 4.20. The lowest BCUT2D eigenvalue weighted by Gasteiger charge is -2.11. The first-order valence-electron chi connectivity index (χ1n) is 7.62. The van der Waals surface area contributed by atoms with Crippen molar-refractivity contribution in [3.8, 4) is 17.0 Å². The van der Waals surface area contributed by atoms with E-state index in [2.05, 4.69) is 5.16 Å².